The zero-order valence-corrected chi connectivity index (χ0v) is 10.2. The summed E-state index contributed by atoms with van der Waals surface area (Å²) < 4.78 is 0. The third-order valence-corrected chi connectivity index (χ3v) is 3.62. The van der Waals surface area contributed by atoms with Gasteiger partial charge in [-0.25, -0.2) is 0 Å². The topological polar surface area (TPSA) is 32.3 Å². The molecule has 0 bridgehead atoms. The fraction of sp³-hybridized carbons (Fsp3) is 0.909. The molecule has 1 N–H and O–H groups in total. The molecule has 0 spiro atoms. The number of carbonyl (C=O) groups excluding carboxylic acids is 1. The molecule has 88 valence electrons. The van der Waals surface area contributed by atoms with Crippen LogP contribution in [0.5, 0.6) is 0 Å². The van der Waals surface area contributed by atoms with Gasteiger partial charge in [-0.2, -0.15) is 0 Å². The van der Waals surface area contributed by atoms with Gasteiger partial charge in [0.15, 0.2) is 0 Å². The molecule has 1 aliphatic heterocycles. The van der Waals surface area contributed by atoms with Gasteiger partial charge in [0.05, 0.1) is 0 Å². The van der Waals surface area contributed by atoms with Crippen molar-refractivity contribution < 1.29 is 4.79 Å². The highest BCUT2D eigenvalue weighted by Gasteiger charge is 2.31. The van der Waals surface area contributed by atoms with Crippen LogP contribution in [0.3, 0.4) is 0 Å². The third-order valence-electron chi connectivity index (χ3n) is 3.62. The summed E-state index contributed by atoms with van der Waals surface area (Å²) in [7, 11) is 1.97. The van der Waals surface area contributed by atoms with Gasteiger partial charge < -0.3 is 10.2 Å². The molecule has 15 heavy (non-hydrogen) atoms. The normalized spacial score (nSPS) is 26.3. The lowest BCUT2D eigenvalue weighted by atomic mass is 9.84. The molecule has 0 aromatic heterocycles. The van der Waals surface area contributed by atoms with Crippen molar-refractivity contribution in [2.75, 3.05) is 20.1 Å². The van der Waals surface area contributed by atoms with Crippen LogP contribution in [0.1, 0.15) is 32.1 Å². The van der Waals surface area contributed by atoms with Gasteiger partial charge in [0.25, 0.3) is 0 Å². The van der Waals surface area contributed by atoms with Crippen molar-refractivity contribution in [1.29, 1.82) is 0 Å². The van der Waals surface area contributed by atoms with Gasteiger partial charge in [0, 0.05) is 25.6 Å². The first-order valence-electron chi connectivity index (χ1n) is 5.76. The van der Waals surface area contributed by atoms with E-state index in [2.05, 4.69) is 5.32 Å². The second-order valence-electron chi connectivity index (χ2n) is 4.58. The van der Waals surface area contributed by atoms with E-state index in [4.69, 9.17) is 0 Å². The maximum absolute atomic E-state index is 11.9. The molecule has 2 fully saturated rings. The monoisotopic (exact) mass is 232 g/mol. The van der Waals surface area contributed by atoms with E-state index in [1.807, 2.05) is 11.9 Å². The standard InChI is InChI=1S/C11H20N2O.ClH/c1-13(10-6-3-7-12-8-10)11(14)9-4-2-5-9;/h9-10,12H,2-8H2,1H3;1H/t10-;/m0./s1. The van der Waals surface area contributed by atoms with Crippen LogP contribution in [0.4, 0.5) is 0 Å². The molecule has 0 unspecified atom stereocenters. The number of halogens is 1. The molecule has 1 saturated carbocycles. The zero-order chi connectivity index (χ0) is 9.97. The number of nitrogens with one attached hydrogen (secondary N) is 1. The van der Waals surface area contributed by atoms with Gasteiger partial charge in [-0.1, -0.05) is 6.42 Å². The summed E-state index contributed by atoms with van der Waals surface area (Å²) in [5, 5.41) is 3.35. The molecule has 4 heteroatoms. The Morgan fingerprint density at radius 3 is 2.47 bits per heavy atom. The van der Waals surface area contributed by atoms with E-state index < -0.39 is 0 Å². The van der Waals surface area contributed by atoms with Crippen LogP contribution in [0.25, 0.3) is 0 Å². The fourth-order valence-electron chi connectivity index (χ4n) is 2.29. The van der Waals surface area contributed by atoms with Gasteiger partial charge >= 0.3 is 0 Å². The average Bonchev–Trinajstić information content (AvgIpc) is 2.15. The van der Waals surface area contributed by atoms with Crippen molar-refractivity contribution in [3.05, 3.63) is 0 Å². The summed E-state index contributed by atoms with van der Waals surface area (Å²) in [6.07, 6.45) is 5.84. The first kappa shape index (κ1) is 12.8. The third kappa shape index (κ3) is 2.85. The molecule has 1 saturated heterocycles. The van der Waals surface area contributed by atoms with Crippen molar-refractivity contribution in [3.63, 3.8) is 0 Å². The van der Waals surface area contributed by atoms with Crippen LogP contribution in [-0.4, -0.2) is 37.0 Å². The van der Waals surface area contributed by atoms with Crippen molar-refractivity contribution in [2.24, 2.45) is 5.92 Å². The number of hydrogen-bond donors (Lipinski definition) is 1. The van der Waals surface area contributed by atoms with Crippen LogP contribution < -0.4 is 5.32 Å². The SMILES string of the molecule is CN(C(=O)C1CCC1)[C@H]1CCCNC1.Cl. The van der Waals surface area contributed by atoms with Crippen LogP contribution in [0.2, 0.25) is 0 Å². The van der Waals surface area contributed by atoms with Gasteiger partial charge in [0.1, 0.15) is 0 Å². The minimum atomic E-state index is 0. The van der Waals surface area contributed by atoms with E-state index in [1.54, 1.807) is 0 Å². The maximum Gasteiger partial charge on any atom is 0.225 e. The second-order valence-corrected chi connectivity index (χ2v) is 4.58. The van der Waals surface area contributed by atoms with Crippen molar-refractivity contribution >= 4 is 18.3 Å². The predicted octanol–water partition coefficient (Wildman–Crippen LogP) is 1.42. The summed E-state index contributed by atoms with van der Waals surface area (Å²) in [5.74, 6) is 0.729. The molecule has 0 radical (unpaired) electrons. The smallest absolute Gasteiger partial charge is 0.225 e. The number of rotatable bonds is 2. The number of carbonyl (C=O) groups is 1. The zero-order valence-electron chi connectivity index (χ0n) is 9.37. The Hall–Kier alpha value is -0.280. The fourth-order valence-corrected chi connectivity index (χ4v) is 2.29. The number of amides is 1. The van der Waals surface area contributed by atoms with Gasteiger partial charge in [0.2, 0.25) is 5.91 Å². The lowest BCUT2D eigenvalue weighted by molar-refractivity contribution is -0.139. The average molecular weight is 233 g/mol. The summed E-state index contributed by atoms with van der Waals surface area (Å²) in [4.78, 5) is 13.9. The lowest BCUT2D eigenvalue weighted by Crippen LogP contribution is -2.49. The Kier molecular flexibility index (Phi) is 4.87. The molecule has 0 aromatic carbocycles. The van der Waals surface area contributed by atoms with E-state index in [-0.39, 0.29) is 12.4 Å². The minimum Gasteiger partial charge on any atom is -0.341 e. The van der Waals surface area contributed by atoms with Crippen molar-refractivity contribution in [3.8, 4) is 0 Å². The number of hydrogen-bond acceptors (Lipinski definition) is 2. The van der Waals surface area contributed by atoms with Gasteiger partial charge in [-0.05, 0) is 32.2 Å². The highest BCUT2D eigenvalue weighted by molar-refractivity contribution is 5.85. The van der Waals surface area contributed by atoms with Gasteiger partial charge in [-0.15, -0.1) is 12.4 Å². The Morgan fingerprint density at radius 2 is 2.00 bits per heavy atom. The molecule has 1 aliphatic carbocycles. The van der Waals surface area contributed by atoms with Crippen LogP contribution >= 0.6 is 12.4 Å². The molecule has 1 amide bonds. The first-order chi connectivity index (χ1) is 6.79. The van der Waals surface area contributed by atoms with Crippen molar-refractivity contribution in [1.82, 2.24) is 10.2 Å². The number of nitrogens with zero attached hydrogens (tertiary/aromatic N) is 1. The van der Waals surface area contributed by atoms with Gasteiger partial charge in [-0.3, -0.25) is 4.79 Å². The summed E-state index contributed by atoms with van der Waals surface area (Å²) >= 11 is 0. The van der Waals surface area contributed by atoms with Crippen LogP contribution in [-0.2, 0) is 4.79 Å². The first-order valence-corrected chi connectivity index (χ1v) is 5.76. The Balaban J connectivity index is 0.00000112. The summed E-state index contributed by atoms with van der Waals surface area (Å²) in [5.41, 5.74) is 0. The predicted molar refractivity (Wildman–Crippen MR) is 63.3 cm³/mol. The molecule has 1 atom stereocenters. The molecule has 2 aliphatic rings. The molecular weight excluding hydrogens is 212 g/mol. The van der Waals surface area contributed by atoms with E-state index in [0.717, 1.165) is 25.9 Å². The largest absolute Gasteiger partial charge is 0.341 e. The maximum atomic E-state index is 11.9. The Bertz CT molecular complexity index is 213. The van der Waals surface area contributed by atoms with E-state index in [0.29, 0.717) is 17.9 Å². The van der Waals surface area contributed by atoms with E-state index >= 15 is 0 Å². The Labute approximate surface area is 98.0 Å². The molecule has 0 aromatic rings. The molecule has 2 rings (SSSR count). The highest BCUT2D eigenvalue weighted by Crippen LogP contribution is 2.28. The second kappa shape index (κ2) is 5.71. The minimum absolute atomic E-state index is 0. The van der Waals surface area contributed by atoms with Crippen LogP contribution in [0, 0.1) is 5.92 Å². The van der Waals surface area contributed by atoms with E-state index in [9.17, 15) is 4.79 Å². The van der Waals surface area contributed by atoms with Crippen molar-refractivity contribution in [2.45, 2.75) is 38.1 Å². The lowest BCUT2D eigenvalue weighted by Gasteiger charge is -2.36. The summed E-state index contributed by atoms with van der Waals surface area (Å²) in [6.45, 7) is 2.09. The van der Waals surface area contributed by atoms with Crippen LogP contribution in [0.15, 0.2) is 0 Å². The summed E-state index contributed by atoms with van der Waals surface area (Å²) in [6, 6.07) is 0.442. The van der Waals surface area contributed by atoms with E-state index in [1.165, 1.54) is 19.3 Å². The Morgan fingerprint density at radius 1 is 1.27 bits per heavy atom. The molecular formula is C11H21ClN2O. The number of piperidine rings is 1. The number of likely N-dealkylation sites (N-methyl/N-ethyl adjacent to an activating group) is 1. The quantitative estimate of drug-likeness (QED) is 0.781. The highest BCUT2D eigenvalue weighted by atomic mass is 35.5. The molecule has 3 nitrogen and oxygen atoms in total. The molecule has 1 heterocycles.